The first kappa shape index (κ1) is 9.07. The van der Waals surface area contributed by atoms with Gasteiger partial charge in [0.25, 0.3) is 0 Å². The summed E-state index contributed by atoms with van der Waals surface area (Å²) in [6.07, 6.45) is 0.192. The Hall–Kier alpha value is -1.02. The molecule has 1 radical (unpaired) electrons. The van der Waals surface area contributed by atoms with Crippen LogP contribution in [0.3, 0.4) is 0 Å². The predicted octanol–water partition coefficient (Wildman–Crippen LogP) is 1.73. The molecule has 0 saturated heterocycles. The molecule has 2 N–H and O–H groups in total. The van der Waals surface area contributed by atoms with Crippen molar-refractivity contribution in [2.45, 2.75) is 26.5 Å². The van der Waals surface area contributed by atoms with Gasteiger partial charge < -0.3 is 10.5 Å². The summed E-state index contributed by atoms with van der Waals surface area (Å²) >= 11 is 0. The Bertz CT molecular complexity index is 245. The minimum Gasteiger partial charge on any atom is -0.491 e. The lowest BCUT2D eigenvalue weighted by Gasteiger charge is -2.12. The van der Waals surface area contributed by atoms with Crippen molar-refractivity contribution in [3.8, 4) is 5.75 Å². The number of ether oxygens (including phenoxy) is 1. The Labute approximate surface area is 73.3 Å². The Balaban J connectivity index is 2.82. The summed E-state index contributed by atoms with van der Waals surface area (Å²) in [6.45, 7) is 4.49. The average molecular weight is 164 g/mol. The SMILES string of the molecule is CC(C)Oc1cc[c]cc1CN. The largest absolute Gasteiger partial charge is 0.491 e. The first-order valence-corrected chi connectivity index (χ1v) is 4.09. The molecule has 0 aliphatic carbocycles. The summed E-state index contributed by atoms with van der Waals surface area (Å²) < 4.78 is 5.54. The van der Waals surface area contributed by atoms with Gasteiger partial charge in [-0.15, -0.1) is 0 Å². The maximum Gasteiger partial charge on any atom is 0.124 e. The van der Waals surface area contributed by atoms with Gasteiger partial charge in [-0.05, 0) is 32.0 Å². The molecule has 0 heterocycles. The minimum atomic E-state index is 0.192. The Morgan fingerprint density at radius 3 is 2.92 bits per heavy atom. The van der Waals surface area contributed by atoms with Crippen LogP contribution in [0.4, 0.5) is 0 Å². The van der Waals surface area contributed by atoms with Gasteiger partial charge in [0.2, 0.25) is 0 Å². The van der Waals surface area contributed by atoms with Crippen LogP contribution >= 0.6 is 0 Å². The molecule has 65 valence electrons. The van der Waals surface area contributed by atoms with Gasteiger partial charge in [-0.3, -0.25) is 0 Å². The zero-order valence-corrected chi connectivity index (χ0v) is 7.50. The highest BCUT2D eigenvalue weighted by Gasteiger charge is 2.01. The second kappa shape index (κ2) is 4.12. The van der Waals surface area contributed by atoms with Gasteiger partial charge >= 0.3 is 0 Å². The molecular formula is C10H14NO. The van der Waals surface area contributed by atoms with E-state index in [0.717, 1.165) is 11.3 Å². The number of hydrogen-bond acceptors (Lipinski definition) is 2. The molecule has 1 rings (SSSR count). The van der Waals surface area contributed by atoms with Gasteiger partial charge in [0.1, 0.15) is 5.75 Å². The molecule has 1 aromatic rings. The van der Waals surface area contributed by atoms with E-state index in [1.165, 1.54) is 0 Å². The standard InChI is InChI=1S/C10H14NO/c1-8(2)12-10-6-4-3-5-9(10)7-11/h4-6,8H,7,11H2,1-2H3. The fraction of sp³-hybridized carbons (Fsp3) is 0.400. The van der Waals surface area contributed by atoms with Gasteiger partial charge in [-0.2, -0.15) is 0 Å². The van der Waals surface area contributed by atoms with Gasteiger partial charge in [0.05, 0.1) is 6.10 Å². The van der Waals surface area contributed by atoms with E-state index in [9.17, 15) is 0 Å². The molecule has 2 heteroatoms. The van der Waals surface area contributed by atoms with Gasteiger partial charge in [0.15, 0.2) is 0 Å². The van der Waals surface area contributed by atoms with E-state index in [2.05, 4.69) is 6.07 Å². The average Bonchev–Trinajstić information content (AvgIpc) is 2.04. The van der Waals surface area contributed by atoms with E-state index < -0.39 is 0 Å². The lowest BCUT2D eigenvalue weighted by molar-refractivity contribution is 0.240. The monoisotopic (exact) mass is 164 g/mol. The van der Waals surface area contributed by atoms with Crippen molar-refractivity contribution < 1.29 is 4.74 Å². The molecule has 0 saturated carbocycles. The molecule has 0 amide bonds. The van der Waals surface area contributed by atoms with Crippen molar-refractivity contribution in [2.24, 2.45) is 5.73 Å². The highest BCUT2D eigenvalue weighted by Crippen LogP contribution is 2.17. The molecule has 0 atom stereocenters. The van der Waals surface area contributed by atoms with Crippen LogP contribution < -0.4 is 10.5 Å². The van der Waals surface area contributed by atoms with Crippen LogP contribution in [0.25, 0.3) is 0 Å². The van der Waals surface area contributed by atoms with Crippen LogP contribution in [0.1, 0.15) is 19.4 Å². The molecule has 0 bridgehead atoms. The Morgan fingerprint density at radius 1 is 1.58 bits per heavy atom. The quantitative estimate of drug-likeness (QED) is 0.738. The minimum absolute atomic E-state index is 0.192. The van der Waals surface area contributed by atoms with Crippen LogP contribution in [0, 0.1) is 6.07 Å². The van der Waals surface area contributed by atoms with E-state index in [-0.39, 0.29) is 6.10 Å². The van der Waals surface area contributed by atoms with E-state index in [1.54, 1.807) is 0 Å². The zero-order valence-electron chi connectivity index (χ0n) is 7.50. The predicted molar refractivity (Wildman–Crippen MR) is 48.9 cm³/mol. The fourth-order valence-corrected chi connectivity index (χ4v) is 0.979. The van der Waals surface area contributed by atoms with Crippen LogP contribution in [0.5, 0.6) is 5.75 Å². The van der Waals surface area contributed by atoms with Gasteiger partial charge in [-0.25, -0.2) is 0 Å². The lowest BCUT2D eigenvalue weighted by atomic mass is 10.2. The van der Waals surface area contributed by atoms with Crippen LogP contribution in [-0.2, 0) is 6.54 Å². The third-order valence-corrected chi connectivity index (χ3v) is 1.49. The summed E-state index contributed by atoms with van der Waals surface area (Å²) in [5.74, 6) is 0.867. The summed E-state index contributed by atoms with van der Waals surface area (Å²) in [7, 11) is 0. The molecule has 1 aromatic carbocycles. The van der Waals surface area contributed by atoms with Crippen molar-refractivity contribution in [3.05, 3.63) is 29.8 Å². The van der Waals surface area contributed by atoms with Gasteiger partial charge in [-0.1, -0.05) is 6.07 Å². The molecule has 0 fully saturated rings. The molecule has 12 heavy (non-hydrogen) atoms. The van der Waals surface area contributed by atoms with E-state index in [0.29, 0.717) is 6.54 Å². The van der Waals surface area contributed by atoms with E-state index >= 15 is 0 Å². The normalized spacial score (nSPS) is 10.3. The number of benzene rings is 1. The first-order chi connectivity index (χ1) is 5.74. The number of rotatable bonds is 3. The number of hydrogen-bond donors (Lipinski definition) is 1. The molecule has 0 unspecified atom stereocenters. The van der Waals surface area contributed by atoms with E-state index in [1.807, 2.05) is 32.0 Å². The molecule has 2 nitrogen and oxygen atoms in total. The smallest absolute Gasteiger partial charge is 0.124 e. The maximum atomic E-state index is 5.54. The Morgan fingerprint density at radius 2 is 2.33 bits per heavy atom. The van der Waals surface area contributed by atoms with Crippen molar-refractivity contribution in [1.82, 2.24) is 0 Å². The first-order valence-electron chi connectivity index (χ1n) is 4.09. The second-order valence-electron chi connectivity index (χ2n) is 2.90. The summed E-state index contributed by atoms with van der Waals surface area (Å²) in [4.78, 5) is 0. The molecule has 0 aliphatic heterocycles. The third kappa shape index (κ3) is 2.24. The van der Waals surface area contributed by atoms with Crippen LogP contribution in [0.15, 0.2) is 18.2 Å². The van der Waals surface area contributed by atoms with Gasteiger partial charge in [0, 0.05) is 12.1 Å². The molecule has 0 spiro atoms. The zero-order chi connectivity index (χ0) is 8.97. The van der Waals surface area contributed by atoms with Crippen LogP contribution in [0.2, 0.25) is 0 Å². The van der Waals surface area contributed by atoms with Crippen molar-refractivity contribution in [1.29, 1.82) is 0 Å². The second-order valence-corrected chi connectivity index (χ2v) is 2.90. The summed E-state index contributed by atoms with van der Waals surface area (Å²) in [6, 6.07) is 8.55. The summed E-state index contributed by atoms with van der Waals surface area (Å²) in [5.41, 5.74) is 6.53. The van der Waals surface area contributed by atoms with Crippen molar-refractivity contribution in [3.63, 3.8) is 0 Å². The number of nitrogens with two attached hydrogens (primary N) is 1. The third-order valence-electron chi connectivity index (χ3n) is 1.49. The van der Waals surface area contributed by atoms with Crippen molar-refractivity contribution >= 4 is 0 Å². The molecule has 0 aliphatic rings. The highest BCUT2D eigenvalue weighted by molar-refractivity contribution is 5.32. The lowest BCUT2D eigenvalue weighted by Crippen LogP contribution is -2.08. The summed E-state index contributed by atoms with van der Waals surface area (Å²) in [5, 5.41) is 0. The molecule has 0 aromatic heterocycles. The topological polar surface area (TPSA) is 35.2 Å². The maximum absolute atomic E-state index is 5.54. The Kier molecular flexibility index (Phi) is 3.11. The molecular weight excluding hydrogens is 150 g/mol. The fourth-order valence-electron chi connectivity index (χ4n) is 0.979. The van der Waals surface area contributed by atoms with Crippen LogP contribution in [-0.4, -0.2) is 6.10 Å². The highest BCUT2D eigenvalue weighted by atomic mass is 16.5. The van der Waals surface area contributed by atoms with Crippen molar-refractivity contribution in [2.75, 3.05) is 0 Å². The van der Waals surface area contributed by atoms with E-state index in [4.69, 9.17) is 10.5 Å².